The molecular formula is C28H44O. The quantitative estimate of drug-likeness (QED) is 0.240. The second kappa shape index (κ2) is 13.0. The molecule has 0 N–H and O–H groups in total. The zero-order valence-electron chi connectivity index (χ0n) is 19.3. The van der Waals surface area contributed by atoms with Gasteiger partial charge in [0.15, 0.2) is 0 Å². The average Bonchev–Trinajstić information content (AvgIpc) is 2.71. The summed E-state index contributed by atoms with van der Waals surface area (Å²) in [5.74, 6) is 2.29. The van der Waals surface area contributed by atoms with Gasteiger partial charge in [0, 0.05) is 6.42 Å². The van der Waals surface area contributed by atoms with E-state index in [1.54, 1.807) is 6.92 Å². The number of hydrogen-bond donors (Lipinski definition) is 0. The summed E-state index contributed by atoms with van der Waals surface area (Å²) in [4.78, 5) is 11.1. The van der Waals surface area contributed by atoms with E-state index in [-0.39, 0.29) is 0 Å². The lowest BCUT2D eigenvalue weighted by atomic mass is 9.71. The van der Waals surface area contributed by atoms with Crippen LogP contribution < -0.4 is 0 Å². The minimum atomic E-state index is 0.328. The van der Waals surface area contributed by atoms with Crippen LogP contribution in [0.1, 0.15) is 127 Å². The topological polar surface area (TPSA) is 17.1 Å². The van der Waals surface area contributed by atoms with Gasteiger partial charge >= 0.3 is 0 Å². The summed E-state index contributed by atoms with van der Waals surface area (Å²) in [6.07, 6.45) is 15.9. The van der Waals surface area contributed by atoms with E-state index in [0.29, 0.717) is 23.5 Å². The lowest BCUT2D eigenvalue weighted by Crippen LogP contribution is -2.20. The Hall–Kier alpha value is -1.37. The van der Waals surface area contributed by atoms with Crippen LogP contribution in [0.15, 0.2) is 36.4 Å². The Morgan fingerprint density at radius 3 is 2.48 bits per heavy atom. The molecule has 1 fully saturated rings. The fourth-order valence-electron chi connectivity index (χ4n) is 5.06. The van der Waals surface area contributed by atoms with Crippen LogP contribution in [-0.2, 0) is 4.79 Å². The van der Waals surface area contributed by atoms with Crippen LogP contribution in [0.5, 0.6) is 0 Å². The fourth-order valence-corrected chi connectivity index (χ4v) is 5.06. The van der Waals surface area contributed by atoms with Gasteiger partial charge in [0.2, 0.25) is 0 Å². The Kier molecular flexibility index (Phi) is 10.7. The lowest BCUT2D eigenvalue weighted by molar-refractivity contribution is -0.117. The summed E-state index contributed by atoms with van der Waals surface area (Å²) in [5.41, 5.74) is 4.50. The lowest BCUT2D eigenvalue weighted by Gasteiger charge is -2.34. The minimum Gasteiger partial charge on any atom is -0.300 e. The van der Waals surface area contributed by atoms with E-state index in [0.717, 1.165) is 12.8 Å². The molecule has 0 radical (unpaired) electrons. The molecule has 1 saturated carbocycles. The molecule has 3 unspecified atom stereocenters. The highest BCUT2D eigenvalue weighted by Crippen LogP contribution is 2.43. The second-order valence-electron chi connectivity index (χ2n) is 9.48. The van der Waals surface area contributed by atoms with Crippen molar-refractivity contribution < 1.29 is 4.79 Å². The molecule has 0 bridgehead atoms. The third-order valence-electron chi connectivity index (χ3n) is 6.99. The maximum absolute atomic E-state index is 11.1. The molecule has 0 aromatic heterocycles. The molecule has 1 aromatic rings. The smallest absolute Gasteiger partial charge is 0.129 e. The van der Waals surface area contributed by atoms with E-state index in [2.05, 4.69) is 44.7 Å². The minimum absolute atomic E-state index is 0.328. The first kappa shape index (κ1) is 23.9. The Morgan fingerprint density at radius 2 is 1.79 bits per heavy atom. The summed E-state index contributed by atoms with van der Waals surface area (Å²) in [7, 11) is 0. The fraction of sp³-hybridized carbons (Fsp3) is 0.679. The molecular weight excluding hydrogens is 352 g/mol. The number of unbranched alkanes of at least 4 members (excludes halogenated alkanes) is 5. The molecule has 0 heterocycles. The summed E-state index contributed by atoms with van der Waals surface area (Å²) in [6, 6.07) is 9.60. The first-order valence-corrected chi connectivity index (χ1v) is 12.3. The predicted octanol–water partition coefficient (Wildman–Crippen LogP) is 8.74. The van der Waals surface area contributed by atoms with Crippen molar-refractivity contribution in [3.05, 3.63) is 47.5 Å². The highest BCUT2D eigenvalue weighted by molar-refractivity contribution is 5.75. The Morgan fingerprint density at radius 1 is 1.07 bits per heavy atom. The number of allylic oxidation sites excluding steroid dienone is 1. The summed E-state index contributed by atoms with van der Waals surface area (Å²) in [5, 5.41) is 0. The molecule has 0 spiro atoms. The van der Waals surface area contributed by atoms with E-state index >= 15 is 0 Å². The van der Waals surface area contributed by atoms with Gasteiger partial charge in [0.25, 0.3) is 0 Å². The molecule has 1 nitrogen and oxygen atoms in total. The maximum Gasteiger partial charge on any atom is 0.129 e. The molecule has 0 saturated heterocycles. The molecule has 0 aliphatic heterocycles. The van der Waals surface area contributed by atoms with E-state index in [1.807, 2.05) is 0 Å². The normalized spacial score (nSPS) is 20.6. The number of ketones is 1. The van der Waals surface area contributed by atoms with Crippen molar-refractivity contribution in [1.29, 1.82) is 0 Å². The van der Waals surface area contributed by atoms with Gasteiger partial charge < -0.3 is 4.79 Å². The number of carbonyl (C=O) groups excluding carboxylic acids is 1. The van der Waals surface area contributed by atoms with Gasteiger partial charge in [-0.1, -0.05) is 88.8 Å². The van der Waals surface area contributed by atoms with Gasteiger partial charge in [-0.2, -0.15) is 0 Å². The van der Waals surface area contributed by atoms with Crippen LogP contribution in [-0.4, -0.2) is 5.78 Å². The maximum atomic E-state index is 11.1. The molecule has 162 valence electrons. The third-order valence-corrected chi connectivity index (χ3v) is 6.99. The number of carbonyl (C=O) groups is 1. The highest BCUT2D eigenvalue weighted by atomic mass is 16.1. The largest absolute Gasteiger partial charge is 0.300 e. The van der Waals surface area contributed by atoms with Gasteiger partial charge in [-0.3, -0.25) is 0 Å². The summed E-state index contributed by atoms with van der Waals surface area (Å²) in [6.45, 7) is 10.8. The molecule has 2 rings (SSSR count). The number of benzene rings is 1. The molecule has 1 aromatic carbocycles. The molecule has 1 aliphatic carbocycles. The van der Waals surface area contributed by atoms with Crippen molar-refractivity contribution >= 4 is 5.78 Å². The summed E-state index contributed by atoms with van der Waals surface area (Å²) >= 11 is 0. The van der Waals surface area contributed by atoms with Crippen molar-refractivity contribution in [1.82, 2.24) is 0 Å². The monoisotopic (exact) mass is 396 g/mol. The molecule has 1 heteroatoms. The molecule has 29 heavy (non-hydrogen) atoms. The standard InChI is InChI=1S/C28H44O/c1-5-6-9-13-22(2)25-18-20-26(21-19-25)28-17-12-14-23(3)27(28)16-11-8-7-10-15-24(4)29/h18-22,27-28H,3,5-17H2,1-2,4H3. The molecule has 0 amide bonds. The van der Waals surface area contributed by atoms with E-state index in [9.17, 15) is 4.79 Å². The van der Waals surface area contributed by atoms with Crippen LogP contribution in [0.3, 0.4) is 0 Å². The highest BCUT2D eigenvalue weighted by Gasteiger charge is 2.28. The Balaban J connectivity index is 1.90. The first-order valence-electron chi connectivity index (χ1n) is 12.3. The van der Waals surface area contributed by atoms with Crippen LogP contribution in [0.2, 0.25) is 0 Å². The van der Waals surface area contributed by atoms with Gasteiger partial charge in [0.05, 0.1) is 0 Å². The predicted molar refractivity (Wildman–Crippen MR) is 127 cm³/mol. The van der Waals surface area contributed by atoms with Crippen molar-refractivity contribution in [2.45, 2.75) is 116 Å². The van der Waals surface area contributed by atoms with Crippen LogP contribution in [0.4, 0.5) is 0 Å². The van der Waals surface area contributed by atoms with Crippen molar-refractivity contribution in [3.63, 3.8) is 0 Å². The van der Waals surface area contributed by atoms with Crippen molar-refractivity contribution in [3.8, 4) is 0 Å². The molecule has 1 aliphatic rings. The van der Waals surface area contributed by atoms with Gasteiger partial charge in [-0.05, 0) is 74.3 Å². The number of rotatable bonds is 13. The summed E-state index contributed by atoms with van der Waals surface area (Å²) < 4.78 is 0. The van der Waals surface area contributed by atoms with Gasteiger partial charge in [0.1, 0.15) is 5.78 Å². The average molecular weight is 397 g/mol. The van der Waals surface area contributed by atoms with Crippen LogP contribution in [0.25, 0.3) is 0 Å². The first-order chi connectivity index (χ1) is 14.0. The Labute approximate surface area is 180 Å². The van der Waals surface area contributed by atoms with Crippen LogP contribution >= 0.6 is 0 Å². The third kappa shape index (κ3) is 8.11. The Bertz CT molecular complexity index is 612. The van der Waals surface area contributed by atoms with Crippen LogP contribution in [0, 0.1) is 5.92 Å². The van der Waals surface area contributed by atoms with Gasteiger partial charge in [-0.25, -0.2) is 0 Å². The van der Waals surface area contributed by atoms with E-state index in [4.69, 9.17) is 0 Å². The number of Topliss-reactive ketones (excluding diaryl/α,β-unsaturated/α-hetero) is 1. The van der Waals surface area contributed by atoms with Crippen molar-refractivity contribution in [2.75, 3.05) is 0 Å². The van der Waals surface area contributed by atoms with Crippen molar-refractivity contribution in [2.24, 2.45) is 5.92 Å². The zero-order chi connectivity index (χ0) is 21.1. The number of hydrogen-bond acceptors (Lipinski definition) is 1. The second-order valence-corrected chi connectivity index (χ2v) is 9.48. The zero-order valence-corrected chi connectivity index (χ0v) is 19.3. The van der Waals surface area contributed by atoms with E-state index < -0.39 is 0 Å². The van der Waals surface area contributed by atoms with Gasteiger partial charge in [-0.15, -0.1) is 0 Å². The van der Waals surface area contributed by atoms with E-state index in [1.165, 1.54) is 87.3 Å². The molecule has 3 atom stereocenters. The SMILES string of the molecule is C=C1CCCC(c2ccc(C(C)CCCCC)cc2)C1CCCCCCC(C)=O.